The minimum absolute atomic E-state index is 0.0795. The highest BCUT2D eigenvalue weighted by Gasteiger charge is 2.12. The van der Waals surface area contributed by atoms with E-state index in [-0.39, 0.29) is 10.7 Å². The molecule has 0 radical (unpaired) electrons. The summed E-state index contributed by atoms with van der Waals surface area (Å²) in [7, 11) is -3.43. The smallest absolute Gasteiger partial charge is 0.240 e. The summed E-state index contributed by atoms with van der Waals surface area (Å²) in [6.07, 6.45) is 0. The summed E-state index contributed by atoms with van der Waals surface area (Å²) in [4.78, 5) is 11.2. The van der Waals surface area contributed by atoms with Gasteiger partial charge in [0, 0.05) is 16.5 Å². The summed E-state index contributed by atoms with van der Waals surface area (Å²) in [6, 6.07) is 5.90. The van der Waals surface area contributed by atoms with Gasteiger partial charge < -0.3 is 0 Å². The van der Waals surface area contributed by atoms with Crippen LogP contribution in [0.15, 0.2) is 29.2 Å². The molecule has 0 saturated carbocycles. The van der Waals surface area contributed by atoms with Gasteiger partial charge in [0.15, 0.2) is 5.78 Å². The second-order valence-electron chi connectivity index (χ2n) is 3.17. The van der Waals surface area contributed by atoms with Crippen molar-refractivity contribution in [2.75, 3.05) is 11.0 Å². The molecule has 1 aromatic rings. The molecule has 0 fully saturated rings. The Morgan fingerprint density at radius 1 is 1.31 bits per heavy atom. The number of rotatable bonds is 5. The lowest BCUT2D eigenvalue weighted by Crippen LogP contribution is -2.25. The fraction of sp³-hybridized carbons (Fsp3) is 0.300. The van der Waals surface area contributed by atoms with Crippen LogP contribution in [0.3, 0.4) is 0 Å². The Morgan fingerprint density at radius 2 is 1.88 bits per heavy atom. The van der Waals surface area contributed by atoms with E-state index in [0.717, 1.165) is 0 Å². The average molecular weight is 353 g/mol. The number of nitrogens with one attached hydrogen (secondary N) is 1. The van der Waals surface area contributed by atoms with Crippen molar-refractivity contribution in [3.05, 3.63) is 29.8 Å². The van der Waals surface area contributed by atoms with Gasteiger partial charge in [-0.15, -0.1) is 0 Å². The van der Waals surface area contributed by atoms with Crippen LogP contribution in [0.2, 0.25) is 0 Å². The van der Waals surface area contributed by atoms with Crippen LogP contribution in [-0.4, -0.2) is 25.2 Å². The number of carbonyl (C=O) groups is 1. The third-order valence-electron chi connectivity index (χ3n) is 1.96. The van der Waals surface area contributed by atoms with Gasteiger partial charge in [-0.2, -0.15) is 0 Å². The molecule has 1 aromatic carbocycles. The summed E-state index contributed by atoms with van der Waals surface area (Å²) < 4.78 is 26.5. The van der Waals surface area contributed by atoms with E-state index in [1.165, 1.54) is 31.2 Å². The maximum Gasteiger partial charge on any atom is 0.240 e. The average Bonchev–Trinajstić information content (AvgIpc) is 2.26. The van der Waals surface area contributed by atoms with Crippen molar-refractivity contribution in [1.82, 2.24) is 4.72 Å². The zero-order valence-electron chi connectivity index (χ0n) is 8.73. The molecule has 0 unspecified atom stereocenters. The van der Waals surface area contributed by atoms with E-state index in [9.17, 15) is 13.2 Å². The van der Waals surface area contributed by atoms with Gasteiger partial charge in [-0.1, -0.05) is 34.7 Å². The van der Waals surface area contributed by atoms with Crippen molar-refractivity contribution in [3.63, 3.8) is 0 Å². The molecule has 0 amide bonds. The molecule has 0 saturated heterocycles. The number of sulfonamides is 1. The molecular weight excluding hydrogens is 341 g/mol. The van der Waals surface area contributed by atoms with Crippen LogP contribution in [0.25, 0.3) is 0 Å². The van der Waals surface area contributed by atoms with Crippen molar-refractivity contribution >= 4 is 38.4 Å². The van der Waals surface area contributed by atoms with E-state index in [0.29, 0.717) is 16.5 Å². The van der Waals surface area contributed by atoms with Gasteiger partial charge in [0.2, 0.25) is 10.0 Å². The van der Waals surface area contributed by atoms with Gasteiger partial charge in [-0.3, -0.25) is 4.79 Å². The van der Waals surface area contributed by atoms with Crippen molar-refractivity contribution in [3.8, 4) is 0 Å². The lowest BCUT2D eigenvalue weighted by Gasteiger charge is -2.05. The number of halogens is 1. The number of hydrogen-bond acceptors (Lipinski definition) is 3. The highest BCUT2D eigenvalue weighted by Crippen LogP contribution is 2.10. The number of carbonyl (C=O) groups excluding carboxylic acids is 1. The Hall–Kier alpha value is -0.470. The molecular formula is C10H12INO3S. The van der Waals surface area contributed by atoms with E-state index in [2.05, 4.69) is 27.3 Å². The number of alkyl halides is 1. The predicted molar refractivity (Wildman–Crippen MR) is 70.5 cm³/mol. The quantitative estimate of drug-likeness (QED) is 0.497. The Balaban J connectivity index is 2.93. The van der Waals surface area contributed by atoms with E-state index in [4.69, 9.17) is 0 Å². The fourth-order valence-corrected chi connectivity index (χ4v) is 2.79. The van der Waals surface area contributed by atoms with Gasteiger partial charge in [0.1, 0.15) is 0 Å². The molecule has 0 bridgehead atoms. The largest absolute Gasteiger partial charge is 0.295 e. The first-order valence-corrected chi connectivity index (χ1v) is 7.65. The van der Waals surface area contributed by atoms with Crippen molar-refractivity contribution < 1.29 is 13.2 Å². The van der Waals surface area contributed by atoms with E-state index in [1.54, 1.807) is 0 Å². The Labute approximate surface area is 109 Å². The molecule has 0 aromatic heterocycles. The molecule has 0 aliphatic rings. The molecule has 0 aliphatic heterocycles. The summed E-state index contributed by atoms with van der Waals surface area (Å²) in [5.41, 5.74) is 0.507. The van der Waals surface area contributed by atoms with Crippen LogP contribution in [0.4, 0.5) is 0 Å². The highest BCUT2D eigenvalue weighted by atomic mass is 127. The SMILES string of the molecule is CC(=O)c1ccc(S(=O)(=O)NCCI)cc1. The maximum absolute atomic E-state index is 11.7. The first-order chi connectivity index (χ1) is 7.47. The van der Waals surface area contributed by atoms with Gasteiger partial charge in [0.25, 0.3) is 0 Å². The molecule has 0 atom stereocenters. The highest BCUT2D eigenvalue weighted by molar-refractivity contribution is 14.1. The van der Waals surface area contributed by atoms with Crippen LogP contribution >= 0.6 is 22.6 Å². The van der Waals surface area contributed by atoms with Gasteiger partial charge in [-0.05, 0) is 19.1 Å². The third kappa shape index (κ3) is 3.53. The molecule has 6 heteroatoms. The lowest BCUT2D eigenvalue weighted by molar-refractivity contribution is 0.101. The van der Waals surface area contributed by atoms with Crippen molar-refractivity contribution in [2.45, 2.75) is 11.8 Å². The number of Topliss-reactive ketones (excluding diaryl/α,β-unsaturated/α-hetero) is 1. The Kier molecular flexibility index (Phi) is 4.88. The minimum atomic E-state index is -3.43. The monoisotopic (exact) mass is 353 g/mol. The number of benzene rings is 1. The molecule has 1 N–H and O–H groups in total. The van der Waals surface area contributed by atoms with Crippen LogP contribution in [0.1, 0.15) is 17.3 Å². The zero-order chi connectivity index (χ0) is 12.2. The molecule has 0 spiro atoms. The minimum Gasteiger partial charge on any atom is -0.295 e. The molecule has 4 nitrogen and oxygen atoms in total. The van der Waals surface area contributed by atoms with Gasteiger partial charge >= 0.3 is 0 Å². The predicted octanol–water partition coefficient (Wildman–Crippen LogP) is 1.60. The molecule has 1 rings (SSSR count). The number of ketones is 1. The Bertz CT molecular complexity index is 467. The standard InChI is InChI=1S/C10H12INO3S/c1-8(13)9-2-4-10(5-3-9)16(14,15)12-7-6-11/h2-5,12H,6-7H2,1H3. The van der Waals surface area contributed by atoms with Gasteiger partial charge in [0.05, 0.1) is 4.90 Å². The molecule has 88 valence electrons. The summed E-state index contributed by atoms with van der Waals surface area (Å²) in [5.74, 6) is -0.0795. The van der Waals surface area contributed by atoms with E-state index in [1.807, 2.05) is 0 Å². The van der Waals surface area contributed by atoms with Crippen LogP contribution in [0.5, 0.6) is 0 Å². The molecule has 16 heavy (non-hydrogen) atoms. The summed E-state index contributed by atoms with van der Waals surface area (Å²) in [5, 5.41) is 0. The number of hydrogen-bond donors (Lipinski definition) is 1. The van der Waals surface area contributed by atoms with E-state index < -0.39 is 10.0 Å². The molecule has 0 aliphatic carbocycles. The van der Waals surface area contributed by atoms with Gasteiger partial charge in [-0.25, -0.2) is 13.1 Å². The van der Waals surface area contributed by atoms with Crippen LogP contribution in [0, 0.1) is 0 Å². The van der Waals surface area contributed by atoms with Crippen molar-refractivity contribution in [2.24, 2.45) is 0 Å². The third-order valence-corrected chi connectivity index (χ3v) is 3.97. The van der Waals surface area contributed by atoms with Crippen LogP contribution < -0.4 is 4.72 Å². The first-order valence-electron chi connectivity index (χ1n) is 4.64. The Morgan fingerprint density at radius 3 is 2.31 bits per heavy atom. The maximum atomic E-state index is 11.7. The first kappa shape index (κ1) is 13.6. The van der Waals surface area contributed by atoms with Crippen LogP contribution in [-0.2, 0) is 10.0 Å². The topological polar surface area (TPSA) is 63.2 Å². The second-order valence-corrected chi connectivity index (χ2v) is 6.01. The van der Waals surface area contributed by atoms with E-state index >= 15 is 0 Å². The second kappa shape index (κ2) is 5.74. The molecule has 0 heterocycles. The fourth-order valence-electron chi connectivity index (χ4n) is 1.13. The zero-order valence-corrected chi connectivity index (χ0v) is 11.7. The lowest BCUT2D eigenvalue weighted by atomic mass is 10.2. The summed E-state index contributed by atoms with van der Waals surface area (Å²) in [6.45, 7) is 1.84. The van der Waals surface area contributed by atoms with Crippen molar-refractivity contribution in [1.29, 1.82) is 0 Å². The normalized spacial score (nSPS) is 11.4. The summed E-state index contributed by atoms with van der Waals surface area (Å²) >= 11 is 2.09.